The molecule has 0 atom stereocenters. The summed E-state index contributed by atoms with van der Waals surface area (Å²) in [4.78, 5) is 0. The Balaban J connectivity index is 0. The van der Waals surface area contributed by atoms with Gasteiger partial charge in [-0.2, -0.15) is 0 Å². The predicted molar refractivity (Wildman–Crippen MR) is 29.0 cm³/mol. The summed E-state index contributed by atoms with van der Waals surface area (Å²) in [5.41, 5.74) is 0. The van der Waals surface area contributed by atoms with Crippen molar-refractivity contribution in [2.45, 2.75) is 0 Å². The Morgan fingerprint density at radius 1 is 1.00 bits per heavy atom. The maximum absolute atomic E-state index is 0. The summed E-state index contributed by atoms with van der Waals surface area (Å²) in [7, 11) is 0. The molecule has 0 saturated heterocycles. The molecule has 0 rings (SSSR count). The summed E-state index contributed by atoms with van der Waals surface area (Å²) in [5, 5.41) is 0. The molecule has 4 N–H and O–H groups in total. The van der Waals surface area contributed by atoms with Crippen LogP contribution < -0.4 is 0 Å². The molecule has 0 aliphatic heterocycles. The van der Waals surface area contributed by atoms with Gasteiger partial charge < -0.3 is 13.8 Å². The molecule has 5 heteroatoms. The van der Waals surface area contributed by atoms with Gasteiger partial charge in [0.25, 0.3) is 0 Å². The third kappa shape index (κ3) is 33.5. The van der Waals surface area contributed by atoms with Crippen molar-refractivity contribution in [2.75, 3.05) is 0 Å². The van der Waals surface area contributed by atoms with Crippen molar-refractivity contribution in [1.82, 2.24) is 0 Å². The van der Waals surface area contributed by atoms with Gasteiger partial charge in [-0.15, -0.1) is 0 Å². The minimum absolute atomic E-state index is 0. The van der Waals surface area contributed by atoms with E-state index < -0.39 is 0 Å². The molecule has 0 aromatic heterocycles. The van der Waals surface area contributed by atoms with Crippen LogP contribution in [-0.2, 0) is 0 Å². The van der Waals surface area contributed by atoms with Gasteiger partial charge in [0, 0.05) is 0 Å². The molecule has 0 fully saturated rings. The van der Waals surface area contributed by atoms with E-state index >= 15 is 0 Å². The van der Waals surface area contributed by atoms with Crippen LogP contribution in [0.1, 0.15) is 2.85 Å². The molecular formula is H11CaFO2Si. The molecule has 2 nitrogen and oxygen atoms in total. The zero-order valence-corrected chi connectivity index (χ0v) is 4.32. The van der Waals surface area contributed by atoms with Crippen LogP contribution in [0.2, 0.25) is 0 Å². The van der Waals surface area contributed by atoms with Gasteiger partial charge in [0.2, 0.25) is 0 Å². The Morgan fingerprint density at radius 3 is 1.00 bits per heavy atom. The Kier molecular flexibility index (Phi) is 1160. The summed E-state index contributed by atoms with van der Waals surface area (Å²) in [6.45, 7) is 0. The average Bonchev–Trinajstić information content (AvgIpc) is 0. The molecule has 0 spiro atoms. The van der Waals surface area contributed by atoms with Gasteiger partial charge >= 0.3 is 37.7 Å². The quantitative estimate of drug-likeness (QED) is 0.312. The molecule has 5 heavy (non-hydrogen) atoms. The molecular weight excluding hydrogens is 119 g/mol. The maximum Gasteiger partial charge on any atom is 2.00 e. The van der Waals surface area contributed by atoms with Gasteiger partial charge in [-0.05, 0) is 11.0 Å². The third-order valence-corrected chi connectivity index (χ3v) is 0. The van der Waals surface area contributed by atoms with E-state index in [1.165, 1.54) is 0 Å². The molecule has 0 aliphatic carbocycles. The molecule has 0 aromatic rings. The average molecular weight is 130 g/mol. The molecule has 0 aliphatic rings. The summed E-state index contributed by atoms with van der Waals surface area (Å²) in [5.74, 6) is 0. The van der Waals surface area contributed by atoms with Gasteiger partial charge in [-0.3, -0.25) is 4.70 Å². The largest absolute Gasteiger partial charge is 2.00 e. The Bertz CT molecular complexity index is 15.7. The van der Waals surface area contributed by atoms with Crippen LogP contribution in [-0.4, -0.2) is 59.7 Å². The van der Waals surface area contributed by atoms with E-state index in [0.29, 0.717) is 0 Å². The Morgan fingerprint density at radius 2 is 1.00 bits per heavy atom. The second-order valence-electron chi connectivity index (χ2n) is 0. The maximum atomic E-state index is 0. The standard InChI is InChI=1S/Ca.FH.2H2O.H4Si.2H/h;1H;2*1H2;1H4;;/q+2;;;;;2*-1. The van der Waals surface area contributed by atoms with Crippen LogP contribution in [0.25, 0.3) is 0 Å². The van der Waals surface area contributed by atoms with E-state index in [1.807, 2.05) is 0 Å². The van der Waals surface area contributed by atoms with Crippen molar-refractivity contribution in [3.8, 4) is 0 Å². The van der Waals surface area contributed by atoms with Crippen LogP contribution in [0.15, 0.2) is 0 Å². The topological polar surface area (TPSA) is 63.0 Å². The predicted octanol–water partition coefficient (Wildman–Crippen LogP) is -3.10. The molecule has 0 unspecified atom stereocenters. The monoisotopic (exact) mass is 130 g/mol. The fourth-order valence-corrected chi connectivity index (χ4v) is 0. The van der Waals surface area contributed by atoms with E-state index in [0.717, 1.165) is 0 Å². The summed E-state index contributed by atoms with van der Waals surface area (Å²) >= 11 is 0. The molecule has 0 aromatic carbocycles. The Hall–Kier alpha value is 1.33. The van der Waals surface area contributed by atoms with Gasteiger partial charge in [0.1, 0.15) is 0 Å². The van der Waals surface area contributed by atoms with Gasteiger partial charge in [0.15, 0.2) is 0 Å². The summed E-state index contributed by atoms with van der Waals surface area (Å²) in [6, 6.07) is 0. The normalized spacial score (nSPS) is 0. The molecule has 0 heterocycles. The summed E-state index contributed by atoms with van der Waals surface area (Å²) in [6.07, 6.45) is 0. The Labute approximate surface area is 66.9 Å². The zero-order chi connectivity index (χ0) is 0. The van der Waals surface area contributed by atoms with E-state index in [9.17, 15) is 0 Å². The second kappa shape index (κ2) is 56.7. The number of rotatable bonds is 0. The fraction of sp³-hybridized carbons (Fsp3) is 0. The minimum Gasteiger partial charge on any atom is -1.00 e. The molecule has 36 valence electrons. The number of hydrogen-bond acceptors (Lipinski definition) is 0. The molecule has 0 amide bonds. The van der Waals surface area contributed by atoms with Crippen molar-refractivity contribution in [3.05, 3.63) is 0 Å². The first-order valence-corrected chi connectivity index (χ1v) is 0. The SMILES string of the molecule is F.O.O.[Ca+2].[H-].[H-].[SiH4]. The van der Waals surface area contributed by atoms with Crippen LogP contribution in [0.3, 0.4) is 0 Å². The van der Waals surface area contributed by atoms with Gasteiger partial charge in [-0.1, -0.05) is 0 Å². The number of hydrogen-bond donors (Lipinski definition) is 0. The van der Waals surface area contributed by atoms with Crippen LogP contribution in [0, 0.1) is 0 Å². The zero-order valence-electron chi connectivity index (χ0n) is 4.12. The van der Waals surface area contributed by atoms with Crippen LogP contribution >= 0.6 is 0 Å². The smallest absolute Gasteiger partial charge is 1.00 e. The van der Waals surface area contributed by atoms with Gasteiger partial charge in [-0.25, -0.2) is 0 Å². The molecule has 0 saturated carbocycles. The van der Waals surface area contributed by atoms with E-state index in [-0.39, 0.29) is 67.2 Å². The molecule has 0 bridgehead atoms. The fourth-order valence-electron chi connectivity index (χ4n) is 0. The van der Waals surface area contributed by atoms with Crippen molar-refractivity contribution < 1.29 is 18.5 Å². The number of halogens is 1. The van der Waals surface area contributed by atoms with Crippen molar-refractivity contribution in [3.63, 3.8) is 0 Å². The van der Waals surface area contributed by atoms with Crippen LogP contribution in [0.4, 0.5) is 4.70 Å². The van der Waals surface area contributed by atoms with Crippen molar-refractivity contribution in [1.29, 1.82) is 0 Å². The minimum atomic E-state index is 0. The second-order valence-corrected chi connectivity index (χ2v) is 0. The first-order valence-electron chi connectivity index (χ1n) is 0. The molecule has 0 radical (unpaired) electrons. The van der Waals surface area contributed by atoms with Gasteiger partial charge in [0.05, 0.1) is 0 Å². The first-order chi connectivity index (χ1) is 0. The summed E-state index contributed by atoms with van der Waals surface area (Å²) < 4.78 is 0. The van der Waals surface area contributed by atoms with Crippen molar-refractivity contribution in [2.24, 2.45) is 0 Å². The van der Waals surface area contributed by atoms with E-state index in [4.69, 9.17) is 0 Å². The van der Waals surface area contributed by atoms with E-state index in [2.05, 4.69) is 0 Å². The van der Waals surface area contributed by atoms with Crippen LogP contribution in [0.5, 0.6) is 0 Å². The third-order valence-electron chi connectivity index (χ3n) is 0. The van der Waals surface area contributed by atoms with Crippen molar-refractivity contribution >= 4 is 48.7 Å². The first kappa shape index (κ1) is 102. The van der Waals surface area contributed by atoms with E-state index in [1.54, 1.807) is 0 Å².